The molecule has 3 atom stereocenters. The fourth-order valence-electron chi connectivity index (χ4n) is 2.75. The third-order valence-electron chi connectivity index (χ3n) is 4.37. The molecule has 166 valence electrons. The van der Waals surface area contributed by atoms with Crippen molar-refractivity contribution in [2.45, 2.75) is 57.7 Å². The van der Waals surface area contributed by atoms with Crippen molar-refractivity contribution < 1.29 is 29.4 Å². The molecule has 1 aromatic rings. The summed E-state index contributed by atoms with van der Waals surface area (Å²) in [5.41, 5.74) is 11.4. The van der Waals surface area contributed by atoms with Crippen LogP contribution >= 0.6 is 0 Å². The zero-order valence-electron chi connectivity index (χ0n) is 17.1. The molecule has 0 spiro atoms. The third-order valence-corrected chi connectivity index (χ3v) is 4.37. The van der Waals surface area contributed by atoms with Crippen molar-refractivity contribution in [3.05, 3.63) is 29.8 Å². The average Bonchev–Trinajstić information content (AvgIpc) is 2.65. The van der Waals surface area contributed by atoms with E-state index in [1.807, 2.05) is 13.8 Å². The summed E-state index contributed by atoms with van der Waals surface area (Å²) in [6.45, 7) is 3.70. The minimum atomic E-state index is -1.23. The second-order valence-corrected chi connectivity index (χ2v) is 7.57. The summed E-state index contributed by atoms with van der Waals surface area (Å²) in [6.07, 6.45) is 0.243. The fraction of sp³-hybridized carbons (Fsp3) is 0.500. The number of hydrogen-bond donors (Lipinski definition) is 6. The molecule has 0 aromatic heterocycles. The topological polar surface area (TPSA) is 185 Å². The van der Waals surface area contributed by atoms with Crippen LogP contribution in [0.1, 0.15) is 38.7 Å². The molecule has 0 saturated carbocycles. The highest BCUT2D eigenvalue weighted by Crippen LogP contribution is 2.12. The van der Waals surface area contributed by atoms with Gasteiger partial charge >= 0.3 is 5.97 Å². The molecule has 1 rings (SSSR count). The maximum Gasteiger partial charge on any atom is 0.326 e. The summed E-state index contributed by atoms with van der Waals surface area (Å²) in [5, 5.41) is 23.8. The van der Waals surface area contributed by atoms with Crippen LogP contribution in [-0.2, 0) is 25.6 Å². The maximum absolute atomic E-state index is 12.7. The van der Waals surface area contributed by atoms with Crippen molar-refractivity contribution in [3.63, 3.8) is 0 Å². The van der Waals surface area contributed by atoms with Crippen LogP contribution in [0, 0.1) is 5.92 Å². The van der Waals surface area contributed by atoms with E-state index >= 15 is 0 Å². The van der Waals surface area contributed by atoms with E-state index in [2.05, 4.69) is 10.6 Å². The van der Waals surface area contributed by atoms with Crippen LogP contribution in [0.15, 0.2) is 24.3 Å². The molecule has 0 saturated heterocycles. The van der Waals surface area contributed by atoms with Gasteiger partial charge in [0.05, 0.1) is 6.04 Å². The summed E-state index contributed by atoms with van der Waals surface area (Å²) in [5.74, 6) is -3.02. The predicted molar refractivity (Wildman–Crippen MR) is 109 cm³/mol. The molecule has 0 radical (unpaired) electrons. The Kier molecular flexibility index (Phi) is 9.76. The Morgan fingerprint density at radius 3 is 2.07 bits per heavy atom. The molecular formula is C20H30N4O6. The predicted octanol–water partition coefficient (Wildman–Crippen LogP) is -0.372. The van der Waals surface area contributed by atoms with Gasteiger partial charge < -0.3 is 32.3 Å². The summed E-state index contributed by atoms with van der Waals surface area (Å²) >= 11 is 0. The Hall–Kier alpha value is -3.14. The number of nitrogens with one attached hydrogen (secondary N) is 2. The third kappa shape index (κ3) is 8.91. The minimum absolute atomic E-state index is 0.00181. The highest BCUT2D eigenvalue weighted by atomic mass is 16.4. The number of phenols is 1. The van der Waals surface area contributed by atoms with Crippen molar-refractivity contribution in [1.29, 1.82) is 0 Å². The first kappa shape index (κ1) is 24.9. The normalized spacial score (nSPS) is 13.9. The van der Waals surface area contributed by atoms with Gasteiger partial charge in [0.2, 0.25) is 17.7 Å². The first-order chi connectivity index (χ1) is 14.0. The lowest BCUT2D eigenvalue weighted by molar-refractivity contribution is -0.142. The monoisotopic (exact) mass is 422 g/mol. The Bertz CT molecular complexity index is 750. The molecule has 0 unspecified atom stereocenters. The number of rotatable bonds is 12. The molecule has 10 nitrogen and oxygen atoms in total. The van der Waals surface area contributed by atoms with Gasteiger partial charge in [0, 0.05) is 12.8 Å². The molecule has 8 N–H and O–H groups in total. The summed E-state index contributed by atoms with van der Waals surface area (Å²) in [4.78, 5) is 47.5. The highest BCUT2D eigenvalue weighted by Gasteiger charge is 2.28. The van der Waals surface area contributed by atoms with E-state index in [0.29, 0.717) is 5.56 Å². The van der Waals surface area contributed by atoms with Crippen molar-refractivity contribution in [3.8, 4) is 5.75 Å². The number of aliphatic carboxylic acids is 1. The van der Waals surface area contributed by atoms with Crippen molar-refractivity contribution >= 4 is 23.7 Å². The standard InChI is InChI=1S/C20H30N4O6/c1-11(2)9-15(23-18(27)14(21)7-8-17(22)26)19(28)24-16(20(29)30)10-12-3-5-13(25)6-4-12/h3-6,11,14-16,25H,7-10,21H2,1-2H3,(H2,22,26)(H,23,27)(H,24,28)(H,29,30)/t14-,15-,16-/m0/s1. The minimum Gasteiger partial charge on any atom is -0.508 e. The van der Waals surface area contributed by atoms with Gasteiger partial charge in [-0.3, -0.25) is 14.4 Å². The average molecular weight is 422 g/mol. The van der Waals surface area contributed by atoms with Crippen LogP contribution in [0.3, 0.4) is 0 Å². The lowest BCUT2D eigenvalue weighted by Crippen LogP contribution is -2.55. The molecule has 0 fully saturated rings. The smallest absolute Gasteiger partial charge is 0.326 e. The number of nitrogens with two attached hydrogens (primary N) is 2. The van der Waals surface area contributed by atoms with Gasteiger partial charge in [-0.25, -0.2) is 4.79 Å². The summed E-state index contributed by atoms with van der Waals surface area (Å²) in [7, 11) is 0. The van der Waals surface area contributed by atoms with Crippen molar-refractivity contribution in [2.24, 2.45) is 17.4 Å². The second-order valence-electron chi connectivity index (χ2n) is 7.57. The number of carbonyl (C=O) groups is 4. The van der Waals surface area contributed by atoms with Gasteiger partial charge in [0.25, 0.3) is 0 Å². The van der Waals surface area contributed by atoms with Gasteiger partial charge in [-0.15, -0.1) is 0 Å². The lowest BCUT2D eigenvalue weighted by Gasteiger charge is -2.24. The van der Waals surface area contributed by atoms with Crippen molar-refractivity contribution in [1.82, 2.24) is 10.6 Å². The van der Waals surface area contributed by atoms with Gasteiger partial charge in [-0.1, -0.05) is 26.0 Å². The first-order valence-corrected chi connectivity index (χ1v) is 9.65. The number of hydrogen-bond acceptors (Lipinski definition) is 6. The number of primary amides is 1. The molecule has 30 heavy (non-hydrogen) atoms. The number of amides is 3. The highest BCUT2D eigenvalue weighted by molar-refractivity contribution is 5.92. The van der Waals surface area contributed by atoms with Crippen LogP contribution < -0.4 is 22.1 Å². The second kappa shape index (κ2) is 11.8. The maximum atomic E-state index is 12.7. The van der Waals surface area contributed by atoms with E-state index in [1.54, 1.807) is 12.1 Å². The van der Waals surface area contributed by atoms with E-state index < -0.39 is 41.8 Å². The molecule has 10 heteroatoms. The van der Waals surface area contributed by atoms with Crippen LogP contribution in [0.4, 0.5) is 0 Å². The van der Waals surface area contributed by atoms with E-state index in [1.165, 1.54) is 12.1 Å². The molecule has 0 heterocycles. The Labute approximate surface area is 175 Å². The van der Waals surface area contributed by atoms with E-state index in [0.717, 1.165) is 0 Å². The number of carboxylic acids is 1. The Morgan fingerprint density at radius 2 is 1.57 bits per heavy atom. The van der Waals surface area contributed by atoms with Crippen LogP contribution in [0.25, 0.3) is 0 Å². The number of carboxylic acid groups (broad SMARTS) is 1. The number of phenolic OH excluding ortho intramolecular Hbond substituents is 1. The largest absolute Gasteiger partial charge is 0.508 e. The summed E-state index contributed by atoms with van der Waals surface area (Å²) < 4.78 is 0. The molecule has 1 aromatic carbocycles. The fourth-order valence-corrected chi connectivity index (χ4v) is 2.75. The molecule has 0 aliphatic heterocycles. The lowest BCUT2D eigenvalue weighted by atomic mass is 10.0. The summed E-state index contributed by atoms with van der Waals surface area (Å²) in [6, 6.07) is 2.73. The molecule has 0 aliphatic carbocycles. The molecule has 3 amide bonds. The van der Waals surface area contributed by atoms with Gasteiger partial charge in [0.1, 0.15) is 17.8 Å². The van der Waals surface area contributed by atoms with Crippen LogP contribution in [0.2, 0.25) is 0 Å². The molecule has 0 bridgehead atoms. The van der Waals surface area contributed by atoms with E-state index in [4.69, 9.17) is 11.5 Å². The molecule has 0 aliphatic rings. The van der Waals surface area contributed by atoms with E-state index in [9.17, 15) is 29.4 Å². The van der Waals surface area contributed by atoms with Gasteiger partial charge in [-0.05, 0) is 36.5 Å². The number of carbonyl (C=O) groups excluding carboxylic acids is 3. The van der Waals surface area contributed by atoms with E-state index in [-0.39, 0.29) is 37.4 Å². The SMILES string of the molecule is CC(C)C[C@H](NC(=O)[C@@H](N)CCC(N)=O)C(=O)N[C@@H](Cc1ccc(O)cc1)C(=O)O. The Morgan fingerprint density at radius 1 is 1.00 bits per heavy atom. The number of aromatic hydroxyl groups is 1. The quantitative estimate of drug-likeness (QED) is 0.265. The number of benzene rings is 1. The zero-order valence-corrected chi connectivity index (χ0v) is 17.1. The first-order valence-electron chi connectivity index (χ1n) is 9.65. The van der Waals surface area contributed by atoms with Gasteiger partial charge in [0.15, 0.2) is 0 Å². The van der Waals surface area contributed by atoms with Crippen LogP contribution in [0.5, 0.6) is 5.75 Å². The van der Waals surface area contributed by atoms with Crippen LogP contribution in [-0.4, -0.2) is 52.0 Å². The zero-order chi connectivity index (χ0) is 22.8. The van der Waals surface area contributed by atoms with Crippen molar-refractivity contribution in [2.75, 3.05) is 0 Å². The molecular weight excluding hydrogens is 392 g/mol. The van der Waals surface area contributed by atoms with Gasteiger partial charge in [-0.2, -0.15) is 0 Å². The Balaban J connectivity index is 2.83.